The molecule has 0 saturated carbocycles. The number of nitrogens with one attached hydrogen (secondary N) is 1. The van der Waals surface area contributed by atoms with Crippen LogP contribution in [0.1, 0.15) is 11.1 Å². The number of amides is 1. The van der Waals surface area contributed by atoms with Crippen LogP contribution in [0, 0.1) is 11.6 Å². The standard InChI is InChI=1S/C15H14F2N2O/c16-13-6-2-4-11(15(13)17)8-14(20)19-12-5-1-3-10(7-12)9-18/h1-7H,8-9,18H2,(H,19,20). The Morgan fingerprint density at radius 1 is 1.15 bits per heavy atom. The van der Waals surface area contributed by atoms with Gasteiger partial charge in [0, 0.05) is 17.8 Å². The Hall–Kier alpha value is -2.27. The molecule has 0 aliphatic heterocycles. The quantitative estimate of drug-likeness (QED) is 0.902. The minimum atomic E-state index is -0.988. The van der Waals surface area contributed by atoms with E-state index in [0.29, 0.717) is 12.2 Å². The third-order valence-corrected chi connectivity index (χ3v) is 2.83. The van der Waals surface area contributed by atoms with Gasteiger partial charge < -0.3 is 11.1 Å². The molecule has 2 aromatic rings. The molecule has 20 heavy (non-hydrogen) atoms. The minimum absolute atomic E-state index is 0.0254. The van der Waals surface area contributed by atoms with Crippen LogP contribution < -0.4 is 11.1 Å². The van der Waals surface area contributed by atoms with E-state index in [9.17, 15) is 13.6 Å². The predicted octanol–water partition coefficient (Wildman–Crippen LogP) is 2.60. The summed E-state index contributed by atoms with van der Waals surface area (Å²) in [5.74, 6) is -2.36. The summed E-state index contributed by atoms with van der Waals surface area (Å²) in [6, 6.07) is 10.8. The van der Waals surface area contributed by atoms with Crippen LogP contribution in [0.4, 0.5) is 14.5 Å². The SMILES string of the molecule is NCc1cccc(NC(=O)Cc2cccc(F)c2F)c1. The van der Waals surface area contributed by atoms with Crippen molar-refractivity contribution in [3.8, 4) is 0 Å². The van der Waals surface area contributed by atoms with Crippen molar-refractivity contribution >= 4 is 11.6 Å². The summed E-state index contributed by atoms with van der Waals surface area (Å²) < 4.78 is 26.5. The molecule has 0 fully saturated rings. The number of carbonyl (C=O) groups is 1. The highest BCUT2D eigenvalue weighted by Gasteiger charge is 2.11. The summed E-state index contributed by atoms with van der Waals surface area (Å²) in [5.41, 5.74) is 6.98. The molecule has 3 nitrogen and oxygen atoms in total. The highest BCUT2D eigenvalue weighted by atomic mass is 19.2. The number of rotatable bonds is 4. The zero-order valence-corrected chi connectivity index (χ0v) is 10.7. The summed E-state index contributed by atoms with van der Waals surface area (Å²) in [4.78, 5) is 11.8. The fourth-order valence-corrected chi connectivity index (χ4v) is 1.84. The molecule has 0 bridgehead atoms. The number of hydrogen-bond acceptors (Lipinski definition) is 2. The van der Waals surface area contributed by atoms with Gasteiger partial charge >= 0.3 is 0 Å². The average molecular weight is 276 g/mol. The van der Waals surface area contributed by atoms with Crippen molar-refractivity contribution < 1.29 is 13.6 Å². The fraction of sp³-hybridized carbons (Fsp3) is 0.133. The third-order valence-electron chi connectivity index (χ3n) is 2.83. The van der Waals surface area contributed by atoms with E-state index in [-0.39, 0.29) is 12.0 Å². The van der Waals surface area contributed by atoms with E-state index >= 15 is 0 Å². The Kier molecular flexibility index (Phi) is 4.42. The number of hydrogen-bond donors (Lipinski definition) is 2. The first-order chi connectivity index (χ1) is 9.60. The van der Waals surface area contributed by atoms with Crippen molar-refractivity contribution in [2.24, 2.45) is 5.73 Å². The molecule has 5 heteroatoms. The van der Waals surface area contributed by atoms with Gasteiger partial charge in [0.2, 0.25) is 5.91 Å². The maximum atomic E-state index is 13.4. The maximum Gasteiger partial charge on any atom is 0.228 e. The maximum absolute atomic E-state index is 13.4. The molecule has 104 valence electrons. The van der Waals surface area contributed by atoms with Gasteiger partial charge in [-0.05, 0) is 23.8 Å². The van der Waals surface area contributed by atoms with Gasteiger partial charge in [-0.15, -0.1) is 0 Å². The largest absolute Gasteiger partial charge is 0.326 e. The van der Waals surface area contributed by atoms with Gasteiger partial charge in [0.05, 0.1) is 6.42 Å². The first-order valence-electron chi connectivity index (χ1n) is 6.12. The Balaban J connectivity index is 2.07. The highest BCUT2D eigenvalue weighted by molar-refractivity contribution is 5.92. The summed E-state index contributed by atoms with van der Waals surface area (Å²) in [5, 5.41) is 2.63. The predicted molar refractivity (Wildman–Crippen MR) is 73.0 cm³/mol. The molecule has 0 heterocycles. The van der Waals surface area contributed by atoms with Crippen LogP contribution in [0.2, 0.25) is 0 Å². The monoisotopic (exact) mass is 276 g/mol. The number of anilines is 1. The molecule has 0 aliphatic rings. The second-order valence-corrected chi connectivity index (χ2v) is 4.34. The van der Waals surface area contributed by atoms with Gasteiger partial charge in [0.1, 0.15) is 0 Å². The van der Waals surface area contributed by atoms with Gasteiger partial charge in [0.25, 0.3) is 0 Å². The Labute approximate surface area is 115 Å². The van der Waals surface area contributed by atoms with Crippen LogP contribution in [-0.2, 0) is 17.8 Å². The first-order valence-corrected chi connectivity index (χ1v) is 6.12. The van der Waals surface area contributed by atoms with Crippen molar-refractivity contribution in [2.45, 2.75) is 13.0 Å². The molecule has 0 aliphatic carbocycles. The normalized spacial score (nSPS) is 10.3. The summed E-state index contributed by atoms with van der Waals surface area (Å²) in [7, 11) is 0. The topological polar surface area (TPSA) is 55.1 Å². The lowest BCUT2D eigenvalue weighted by Crippen LogP contribution is -2.15. The van der Waals surface area contributed by atoms with Crippen LogP contribution in [0.25, 0.3) is 0 Å². The third kappa shape index (κ3) is 3.39. The zero-order valence-electron chi connectivity index (χ0n) is 10.7. The molecular weight excluding hydrogens is 262 g/mol. The molecule has 0 unspecified atom stereocenters. The van der Waals surface area contributed by atoms with E-state index in [1.54, 1.807) is 18.2 Å². The molecule has 3 N–H and O–H groups in total. The van der Waals surface area contributed by atoms with E-state index in [1.165, 1.54) is 12.1 Å². The van der Waals surface area contributed by atoms with Crippen molar-refractivity contribution in [2.75, 3.05) is 5.32 Å². The number of nitrogens with two attached hydrogens (primary N) is 1. The molecule has 0 radical (unpaired) electrons. The van der Waals surface area contributed by atoms with Gasteiger partial charge in [0.15, 0.2) is 11.6 Å². The molecule has 0 aromatic heterocycles. The van der Waals surface area contributed by atoms with E-state index in [2.05, 4.69) is 5.32 Å². The van der Waals surface area contributed by atoms with Crippen LogP contribution in [0.15, 0.2) is 42.5 Å². The van der Waals surface area contributed by atoms with Crippen LogP contribution in [0.5, 0.6) is 0 Å². The molecule has 2 aromatic carbocycles. The second-order valence-electron chi connectivity index (χ2n) is 4.34. The van der Waals surface area contributed by atoms with Crippen LogP contribution >= 0.6 is 0 Å². The van der Waals surface area contributed by atoms with Gasteiger partial charge in [-0.2, -0.15) is 0 Å². The molecule has 1 amide bonds. The van der Waals surface area contributed by atoms with Crippen LogP contribution in [0.3, 0.4) is 0 Å². The van der Waals surface area contributed by atoms with Crippen molar-refractivity contribution in [1.29, 1.82) is 0 Å². The van der Waals surface area contributed by atoms with Crippen molar-refractivity contribution in [3.63, 3.8) is 0 Å². The minimum Gasteiger partial charge on any atom is -0.326 e. The molecule has 0 saturated heterocycles. The zero-order chi connectivity index (χ0) is 14.5. The summed E-state index contributed by atoms with van der Waals surface area (Å²) in [6.45, 7) is 0.363. The highest BCUT2D eigenvalue weighted by Crippen LogP contribution is 2.14. The van der Waals surface area contributed by atoms with Gasteiger partial charge in [-0.1, -0.05) is 24.3 Å². The number of benzene rings is 2. The van der Waals surface area contributed by atoms with E-state index in [1.807, 2.05) is 6.07 Å². The number of carbonyl (C=O) groups excluding carboxylic acids is 1. The smallest absolute Gasteiger partial charge is 0.228 e. The second kappa shape index (κ2) is 6.25. The molecule has 2 rings (SSSR count). The molecule has 0 atom stereocenters. The number of halogens is 2. The Morgan fingerprint density at radius 3 is 2.65 bits per heavy atom. The van der Waals surface area contributed by atoms with E-state index < -0.39 is 17.5 Å². The molecular formula is C15H14F2N2O. The van der Waals surface area contributed by atoms with Crippen molar-refractivity contribution in [3.05, 3.63) is 65.2 Å². The lowest BCUT2D eigenvalue weighted by molar-refractivity contribution is -0.115. The first kappa shape index (κ1) is 14.1. The lowest BCUT2D eigenvalue weighted by atomic mass is 10.1. The van der Waals surface area contributed by atoms with Gasteiger partial charge in [-0.3, -0.25) is 4.79 Å². The summed E-state index contributed by atoms with van der Waals surface area (Å²) >= 11 is 0. The fourth-order valence-electron chi connectivity index (χ4n) is 1.84. The van der Waals surface area contributed by atoms with Gasteiger partial charge in [-0.25, -0.2) is 8.78 Å². The Morgan fingerprint density at radius 2 is 1.90 bits per heavy atom. The average Bonchev–Trinajstić information content (AvgIpc) is 2.44. The van der Waals surface area contributed by atoms with Crippen molar-refractivity contribution in [1.82, 2.24) is 0 Å². The van der Waals surface area contributed by atoms with E-state index in [0.717, 1.165) is 11.6 Å². The Bertz CT molecular complexity index is 629. The van der Waals surface area contributed by atoms with Crippen LogP contribution in [-0.4, -0.2) is 5.91 Å². The lowest BCUT2D eigenvalue weighted by Gasteiger charge is -2.07. The summed E-state index contributed by atoms with van der Waals surface area (Å²) in [6.07, 6.45) is -0.226. The molecule has 0 spiro atoms. The van der Waals surface area contributed by atoms with E-state index in [4.69, 9.17) is 5.73 Å².